The van der Waals surface area contributed by atoms with Gasteiger partial charge in [-0.2, -0.15) is 4.98 Å². The minimum atomic E-state index is 0.128. The summed E-state index contributed by atoms with van der Waals surface area (Å²) >= 11 is 0. The molecule has 1 atom stereocenters. The molecule has 2 rings (SSSR count). The topological polar surface area (TPSA) is 64.9 Å². The lowest BCUT2D eigenvalue weighted by molar-refractivity contribution is 0.418. The van der Waals surface area contributed by atoms with Gasteiger partial charge in [0.25, 0.3) is 5.89 Å². The van der Waals surface area contributed by atoms with Gasteiger partial charge in [0.05, 0.1) is 0 Å². The molecular weight excluding hydrogens is 202 g/mol. The summed E-state index contributed by atoms with van der Waals surface area (Å²) in [7, 11) is 0. The fourth-order valence-electron chi connectivity index (χ4n) is 1.35. The minimum Gasteiger partial charge on any atom is -0.334 e. The Morgan fingerprint density at radius 1 is 1.31 bits per heavy atom. The molecule has 0 bridgehead atoms. The standard InChI is InChI=1S/C12H15N3O/c1-8-3-5-10(6-4-8)12-14-11(15-16-12)9(2)7-13/h3-6,9H,7,13H2,1-2H3. The molecular formula is C12H15N3O. The number of rotatable bonds is 3. The van der Waals surface area contributed by atoms with Crippen LogP contribution in [0, 0.1) is 6.92 Å². The zero-order chi connectivity index (χ0) is 11.5. The zero-order valence-corrected chi connectivity index (χ0v) is 9.47. The van der Waals surface area contributed by atoms with E-state index in [-0.39, 0.29) is 5.92 Å². The summed E-state index contributed by atoms with van der Waals surface area (Å²) in [6, 6.07) is 7.98. The Morgan fingerprint density at radius 2 is 2.00 bits per heavy atom. The average molecular weight is 217 g/mol. The van der Waals surface area contributed by atoms with Crippen LogP contribution in [0.5, 0.6) is 0 Å². The first-order valence-corrected chi connectivity index (χ1v) is 5.31. The number of benzene rings is 1. The summed E-state index contributed by atoms with van der Waals surface area (Å²) in [5, 5.41) is 3.92. The van der Waals surface area contributed by atoms with Crippen LogP contribution in [0.4, 0.5) is 0 Å². The van der Waals surface area contributed by atoms with Gasteiger partial charge in [0.2, 0.25) is 0 Å². The number of nitrogens with zero attached hydrogens (tertiary/aromatic N) is 2. The van der Waals surface area contributed by atoms with E-state index < -0.39 is 0 Å². The summed E-state index contributed by atoms with van der Waals surface area (Å²) < 4.78 is 5.20. The Balaban J connectivity index is 2.28. The molecule has 0 saturated heterocycles. The molecule has 84 valence electrons. The van der Waals surface area contributed by atoms with Gasteiger partial charge in [0, 0.05) is 18.0 Å². The molecule has 0 amide bonds. The molecule has 1 unspecified atom stereocenters. The van der Waals surface area contributed by atoms with Crippen LogP contribution in [0.2, 0.25) is 0 Å². The largest absolute Gasteiger partial charge is 0.334 e. The van der Waals surface area contributed by atoms with Crippen LogP contribution in [0.3, 0.4) is 0 Å². The highest BCUT2D eigenvalue weighted by Crippen LogP contribution is 2.19. The highest BCUT2D eigenvalue weighted by molar-refractivity contribution is 5.53. The molecule has 4 heteroatoms. The van der Waals surface area contributed by atoms with Crippen LogP contribution in [0.15, 0.2) is 28.8 Å². The second-order valence-electron chi connectivity index (χ2n) is 3.96. The molecule has 0 spiro atoms. The maximum atomic E-state index is 5.55. The van der Waals surface area contributed by atoms with Gasteiger partial charge in [0.1, 0.15) is 0 Å². The van der Waals surface area contributed by atoms with Crippen LogP contribution >= 0.6 is 0 Å². The highest BCUT2D eigenvalue weighted by atomic mass is 16.5. The van der Waals surface area contributed by atoms with Crippen molar-refractivity contribution < 1.29 is 4.52 Å². The van der Waals surface area contributed by atoms with Crippen molar-refractivity contribution >= 4 is 0 Å². The van der Waals surface area contributed by atoms with E-state index in [1.165, 1.54) is 5.56 Å². The molecule has 0 aliphatic heterocycles. The number of hydrogen-bond acceptors (Lipinski definition) is 4. The smallest absolute Gasteiger partial charge is 0.257 e. The van der Waals surface area contributed by atoms with Gasteiger partial charge in [-0.15, -0.1) is 0 Å². The van der Waals surface area contributed by atoms with Crippen molar-refractivity contribution in [3.63, 3.8) is 0 Å². The molecule has 16 heavy (non-hydrogen) atoms. The molecule has 0 saturated carbocycles. The molecule has 0 radical (unpaired) electrons. The van der Waals surface area contributed by atoms with Crippen LogP contribution in [0.1, 0.15) is 24.2 Å². The Morgan fingerprint density at radius 3 is 2.62 bits per heavy atom. The average Bonchev–Trinajstić information content (AvgIpc) is 2.78. The fourth-order valence-corrected chi connectivity index (χ4v) is 1.35. The van der Waals surface area contributed by atoms with Crippen LogP contribution in [0.25, 0.3) is 11.5 Å². The lowest BCUT2D eigenvalue weighted by Crippen LogP contribution is -2.10. The van der Waals surface area contributed by atoms with Crippen molar-refractivity contribution in [2.24, 2.45) is 5.73 Å². The third kappa shape index (κ3) is 2.12. The van der Waals surface area contributed by atoms with Gasteiger partial charge >= 0.3 is 0 Å². The van der Waals surface area contributed by atoms with Crippen molar-refractivity contribution in [2.75, 3.05) is 6.54 Å². The zero-order valence-electron chi connectivity index (χ0n) is 9.47. The summed E-state index contributed by atoms with van der Waals surface area (Å²) in [6.45, 7) is 4.54. The van der Waals surface area contributed by atoms with Gasteiger partial charge < -0.3 is 10.3 Å². The van der Waals surface area contributed by atoms with E-state index in [1.807, 2.05) is 38.1 Å². The Kier molecular flexibility index (Phi) is 3.01. The molecule has 1 aromatic heterocycles. The summed E-state index contributed by atoms with van der Waals surface area (Å²) in [5.74, 6) is 1.34. The SMILES string of the molecule is Cc1ccc(-c2nc(C(C)CN)no2)cc1. The number of aryl methyl sites for hydroxylation is 1. The predicted molar refractivity (Wildman–Crippen MR) is 61.9 cm³/mol. The van der Waals surface area contributed by atoms with E-state index in [0.29, 0.717) is 18.3 Å². The van der Waals surface area contributed by atoms with E-state index in [1.54, 1.807) is 0 Å². The summed E-state index contributed by atoms with van der Waals surface area (Å²) in [5.41, 5.74) is 7.70. The maximum absolute atomic E-state index is 5.55. The van der Waals surface area contributed by atoms with Gasteiger partial charge in [-0.05, 0) is 19.1 Å². The van der Waals surface area contributed by atoms with Crippen molar-refractivity contribution in [1.29, 1.82) is 0 Å². The van der Waals surface area contributed by atoms with Crippen molar-refractivity contribution in [2.45, 2.75) is 19.8 Å². The normalized spacial score (nSPS) is 12.7. The summed E-state index contributed by atoms with van der Waals surface area (Å²) in [6.07, 6.45) is 0. The van der Waals surface area contributed by atoms with Crippen molar-refractivity contribution in [1.82, 2.24) is 10.1 Å². The second kappa shape index (κ2) is 4.45. The first-order valence-electron chi connectivity index (χ1n) is 5.31. The van der Waals surface area contributed by atoms with Crippen LogP contribution in [-0.2, 0) is 0 Å². The first kappa shape index (κ1) is 10.8. The molecule has 0 aliphatic rings. The maximum Gasteiger partial charge on any atom is 0.257 e. The quantitative estimate of drug-likeness (QED) is 0.855. The highest BCUT2D eigenvalue weighted by Gasteiger charge is 2.13. The Hall–Kier alpha value is -1.68. The van der Waals surface area contributed by atoms with E-state index in [2.05, 4.69) is 10.1 Å². The molecule has 2 N–H and O–H groups in total. The predicted octanol–water partition coefficient (Wildman–Crippen LogP) is 2.11. The van der Waals surface area contributed by atoms with Crippen molar-refractivity contribution in [3.8, 4) is 11.5 Å². The van der Waals surface area contributed by atoms with Gasteiger partial charge in [0.15, 0.2) is 5.82 Å². The number of nitrogens with two attached hydrogens (primary N) is 1. The Labute approximate surface area is 94.5 Å². The van der Waals surface area contributed by atoms with Crippen LogP contribution in [-0.4, -0.2) is 16.7 Å². The molecule has 0 fully saturated rings. The fraction of sp³-hybridized carbons (Fsp3) is 0.333. The molecule has 2 aromatic rings. The lowest BCUT2D eigenvalue weighted by Gasteiger charge is -1.99. The van der Waals surface area contributed by atoms with Gasteiger partial charge in [-0.25, -0.2) is 0 Å². The van der Waals surface area contributed by atoms with Crippen LogP contribution < -0.4 is 5.73 Å². The van der Waals surface area contributed by atoms with E-state index in [4.69, 9.17) is 10.3 Å². The van der Waals surface area contributed by atoms with Gasteiger partial charge in [-0.1, -0.05) is 29.8 Å². The van der Waals surface area contributed by atoms with E-state index >= 15 is 0 Å². The summed E-state index contributed by atoms with van der Waals surface area (Å²) in [4.78, 5) is 4.32. The second-order valence-corrected chi connectivity index (χ2v) is 3.96. The minimum absolute atomic E-state index is 0.128. The number of hydrogen-bond donors (Lipinski definition) is 1. The van der Waals surface area contributed by atoms with Crippen molar-refractivity contribution in [3.05, 3.63) is 35.7 Å². The van der Waals surface area contributed by atoms with E-state index in [9.17, 15) is 0 Å². The Bertz CT molecular complexity index is 461. The third-order valence-electron chi connectivity index (χ3n) is 2.53. The number of aromatic nitrogens is 2. The molecule has 4 nitrogen and oxygen atoms in total. The lowest BCUT2D eigenvalue weighted by atomic mass is 10.1. The molecule has 1 aromatic carbocycles. The third-order valence-corrected chi connectivity index (χ3v) is 2.53. The monoisotopic (exact) mass is 217 g/mol. The first-order chi connectivity index (χ1) is 7.70. The molecule has 0 aliphatic carbocycles. The van der Waals surface area contributed by atoms with E-state index in [0.717, 1.165) is 5.56 Å². The van der Waals surface area contributed by atoms with Gasteiger partial charge in [-0.3, -0.25) is 0 Å². The molecule has 1 heterocycles.